The van der Waals surface area contributed by atoms with Gasteiger partial charge in [0.05, 0.1) is 5.69 Å². The van der Waals surface area contributed by atoms with Crippen LogP contribution in [0, 0.1) is 0 Å². The Hall–Kier alpha value is -2.69. The standard InChI is InChI=1S/C16H15NO4/c1-9(2)16(20)21-13-7-5-12(6-8-13)17-14(18)10(3)11(4)15(17)19/h5-8H,1H2,2-4H3. The first-order chi connectivity index (χ1) is 9.82. The molecule has 0 bridgehead atoms. The number of rotatable bonds is 3. The molecule has 0 aliphatic carbocycles. The van der Waals surface area contributed by atoms with E-state index in [4.69, 9.17) is 4.74 Å². The van der Waals surface area contributed by atoms with E-state index < -0.39 is 5.97 Å². The molecule has 1 aliphatic heterocycles. The Labute approximate surface area is 122 Å². The molecule has 21 heavy (non-hydrogen) atoms. The highest BCUT2D eigenvalue weighted by Crippen LogP contribution is 2.28. The quantitative estimate of drug-likeness (QED) is 0.370. The SMILES string of the molecule is C=C(C)C(=O)Oc1ccc(N2C(=O)C(C)=C(C)C2=O)cc1. The third kappa shape index (κ3) is 2.63. The summed E-state index contributed by atoms with van der Waals surface area (Å²) >= 11 is 0. The van der Waals surface area contributed by atoms with Gasteiger partial charge in [0.2, 0.25) is 0 Å². The second-order valence-electron chi connectivity index (χ2n) is 4.86. The van der Waals surface area contributed by atoms with Crippen molar-refractivity contribution in [3.8, 4) is 5.75 Å². The second-order valence-corrected chi connectivity index (χ2v) is 4.86. The van der Waals surface area contributed by atoms with Crippen LogP contribution >= 0.6 is 0 Å². The summed E-state index contributed by atoms with van der Waals surface area (Å²) in [5.41, 5.74) is 1.62. The highest BCUT2D eigenvalue weighted by Gasteiger charge is 2.34. The topological polar surface area (TPSA) is 63.7 Å². The van der Waals surface area contributed by atoms with Crippen molar-refractivity contribution in [2.24, 2.45) is 0 Å². The molecule has 108 valence electrons. The van der Waals surface area contributed by atoms with Crippen molar-refractivity contribution in [1.29, 1.82) is 0 Å². The first-order valence-corrected chi connectivity index (χ1v) is 6.37. The number of hydrogen-bond donors (Lipinski definition) is 0. The lowest BCUT2D eigenvalue weighted by Crippen LogP contribution is -2.31. The van der Waals surface area contributed by atoms with Crippen LogP contribution in [0.25, 0.3) is 0 Å². The van der Waals surface area contributed by atoms with Crippen LogP contribution in [0.5, 0.6) is 5.75 Å². The number of nitrogens with zero attached hydrogens (tertiary/aromatic N) is 1. The zero-order valence-corrected chi connectivity index (χ0v) is 12.1. The van der Waals surface area contributed by atoms with Gasteiger partial charge in [-0.1, -0.05) is 6.58 Å². The highest BCUT2D eigenvalue weighted by atomic mass is 16.5. The summed E-state index contributed by atoms with van der Waals surface area (Å²) in [6.45, 7) is 8.29. The second kappa shape index (κ2) is 5.36. The maximum absolute atomic E-state index is 12.0. The Morgan fingerprint density at radius 3 is 1.95 bits per heavy atom. The van der Waals surface area contributed by atoms with Crippen molar-refractivity contribution >= 4 is 23.5 Å². The Bertz CT molecular complexity index is 659. The summed E-state index contributed by atoms with van der Waals surface area (Å²) in [5.74, 6) is -0.856. The van der Waals surface area contributed by atoms with Crippen LogP contribution in [-0.4, -0.2) is 17.8 Å². The average Bonchev–Trinajstić information content (AvgIpc) is 2.64. The summed E-state index contributed by atoms with van der Waals surface area (Å²) in [6.07, 6.45) is 0. The minimum absolute atomic E-state index is 0.291. The van der Waals surface area contributed by atoms with E-state index in [1.807, 2.05) is 0 Å². The predicted molar refractivity (Wildman–Crippen MR) is 77.8 cm³/mol. The molecule has 5 nitrogen and oxygen atoms in total. The van der Waals surface area contributed by atoms with Crippen molar-refractivity contribution in [2.75, 3.05) is 4.90 Å². The lowest BCUT2D eigenvalue weighted by molar-refractivity contribution is -0.130. The number of benzene rings is 1. The molecule has 0 radical (unpaired) electrons. The van der Waals surface area contributed by atoms with Gasteiger partial charge in [-0.3, -0.25) is 9.59 Å². The van der Waals surface area contributed by atoms with E-state index in [0.29, 0.717) is 28.2 Å². The number of carbonyl (C=O) groups excluding carboxylic acids is 3. The van der Waals surface area contributed by atoms with E-state index >= 15 is 0 Å². The maximum Gasteiger partial charge on any atom is 0.338 e. The van der Waals surface area contributed by atoms with E-state index in [9.17, 15) is 14.4 Å². The molecule has 1 heterocycles. The lowest BCUT2D eigenvalue weighted by atomic mass is 10.2. The van der Waals surface area contributed by atoms with Crippen molar-refractivity contribution < 1.29 is 19.1 Å². The zero-order chi connectivity index (χ0) is 15.7. The van der Waals surface area contributed by atoms with Gasteiger partial charge in [-0.2, -0.15) is 0 Å². The predicted octanol–water partition coefficient (Wildman–Crippen LogP) is 2.38. The Kier molecular flexibility index (Phi) is 3.76. The number of ether oxygens (including phenoxy) is 1. The van der Waals surface area contributed by atoms with E-state index in [1.165, 1.54) is 12.1 Å². The van der Waals surface area contributed by atoms with Gasteiger partial charge in [0.15, 0.2) is 0 Å². The van der Waals surface area contributed by atoms with Crippen LogP contribution in [0.15, 0.2) is 47.6 Å². The normalized spacial score (nSPS) is 14.7. The zero-order valence-electron chi connectivity index (χ0n) is 12.1. The summed E-state index contributed by atoms with van der Waals surface area (Å²) in [5, 5.41) is 0. The summed E-state index contributed by atoms with van der Waals surface area (Å²) in [4.78, 5) is 36.6. The smallest absolute Gasteiger partial charge is 0.338 e. The molecule has 5 heteroatoms. The third-order valence-electron chi connectivity index (χ3n) is 3.26. The van der Waals surface area contributed by atoms with Crippen LogP contribution in [0.1, 0.15) is 20.8 Å². The highest BCUT2D eigenvalue weighted by molar-refractivity contribution is 6.32. The Morgan fingerprint density at radius 1 is 1.05 bits per heavy atom. The number of imide groups is 1. The molecule has 0 N–H and O–H groups in total. The molecule has 0 spiro atoms. The van der Waals surface area contributed by atoms with Crippen molar-refractivity contribution in [2.45, 2.75) is 20.8 Å². The van der Waals surface area contributed by atoms with E-state index in [-0.39, 0.29) is 11.8 Å². The first-order valence-electron chi connectivity index (χ1n) is 6.37. The van der Waals surface area contributed by atoms with Gasteiger partial charge in [0, 0.05) is 16.7 Å². The van der Waals surface area contributed by atoms with Crippen LogP contribution < -0.4 is 9.64 Å². The molecule has 0 fully saturated rings. The Morgan fingerprint density at radius 2 is 1.52 bits per heavy atom. The molecule has 0 aromatic heterocycles. The molecule has 1 aromatic rings. The molecule has 0 unspecified atom stereocenters. The summed E-state index contributed by atoms with van der Waals surface area (Å²) in [6, 6.07) is 6.17. The monoisotopic (exact) mass is 285 g/mol. The number of carbonyl (C=O) groups is 3. The Balaban J connectivity index is 2.21. The van der Waals surface area contributed by atoms with Crippen LogP contribution in [0.3, 0.4) is 0 Å². The van der Waals surface area contributed by atoms with E-state index in [2.05, 4.69) is 6.58 Å². The molecule has 1 aromatic carbocycles. The number of esters is 1. The van der Waals surface area contributed by atoms with Gasteiger partial charge in [-0.05, 0) is 45.0 Å². The molecule has 1 aliphatic rings. The van der Waals surface area contributed by atoms with E-state index in [0.717, 1.165) is 4.90 Å². The minimum atomic E-state index is -0.524. The molecule has 0 saturated heterocycles. The minimum Gasteiger partial charge on any atom is -0.423 e. The van der Waals surface area contributed by atoms with Crippen LogP contribution in [0.2, 0.25) is 0 Å². The van der Waals surface area contributed by atoms with Gasteiger partial charge in [-0.25, -0.2) is 9.69 Å². The van der Waals surface area contributed by atoms with Crippen molar-refractivity contribution in [3.63, 3.8) is 0 Å². The molecule has 0 atom stereocenters. The lowest BCUT2D eigenvalue weighted by Gasteiger charge is -2.15. The molecule has 0 saturated carbocycles. The molecule has 2 rings (SSSR count). The van der Waals surface area contributed by atoms with Crippen molar-refractivity contribution in [3.05, 3.63) is 47.6 Å². The number of anilines is 1. The van der Waals surface area contributed by atoms with Gasteiger partial charge in [0.1, 0.15) is 5.75 Å². The fourth-order valence-electron chi connectivity index (χ4n) is 1.84. The van der Waals surface area contributed by atoms with Gasteiger partial charge < -0.3 is 4.74 Å². The van der Waals surface area contributed by atoms with E-state index in [1.54, 1.807) is 32.9 Å². The fraction of sp³-hybridized carbons (Fsp3) is 0.188. The third-order valence-corrected chi connectivity index (χ3v) is 3.26. The van der Waals surface area contributed by atoms with Gasteiger partial charge >= 0.3 is 5.97 Å². The maximum atomic E-state index is 12.0. The summed E-state index contributed by atoms with van der Waals surface area (Å²) in [7, 11) is 0. The largest absolute Gasteiger partial charge is 0.423 e. The van der Waals surface area contributed by atoms with Gasteiger partial charge in [-0.15, -0.1) is 0 Å². The number of amides is 2. The molecular weight excluding hydrogens is 270 g/mol. The van der Waals surface area contributed by atoms with Crippen LogP contribution in [-0.2, 0) is 14.4 Å². The fourth-order valence-corrected chi connectivity index (χ4v) is 1.84. The molecular formula is C16H15NO4. The first kappa shape index (κ1) is 14.7. The summed E-state index contributed by atoms with van der Waals surface area (Å²) < 4.78 is 5.05. The van der Waals surface area contributed by atoms with Crippen molar-refractivity contribution in [1.82, 2.24) is 0 Å². The molecule has 2 amide bonds. The van der Waals surface area contributed by atoms with Gasteiger partial charge in [0.25, 0.3) is 11.8 Å². The van der Waals surface area contributed by atoms with Crippen LogP contribution in [0.4, 0.5) is 5.69 Å². The average molecular weight is 285 g/mol. The number of hydrogen-bond acceptors (Lipinski definition) is 4.